The number of hydrogen-bond acceptors (Lipinski definition) is 5. The van der Waals surface area contributed by atoms with Crippen LogP contribution in [-0.4, -0.2) is 35.5 Å². The molecule has 0 aromatic carbocycles. The summed E-state index contributed by atoms with van der Waals surface area (Å²) in [5.41, 5.74) is 1.06. The number of rotatable bonds is 6. The lowest BCUT2D eigenvalue weighted by molar-refractivity contribution is -0.380. The van der Waals surface area contributed by atoms with Crippen LogP contribution in [0, 0.1) is 10.1 Å². The highest BCUT2D eigenvalue weighted by molar-refractivity contribution is 7.13. The Morgan fingerprint density at radius 3 is 2.95 bits per heavy atom. The predicted octanol–water partition coefficient (Wildman–Crippen LogP) is 2.65. The molecule has 0 aliphatic carbocycles. The molecule has 1 aromatic rings. The van der Waals surface area contributed by atoms with Crippen LogP contribution in [0.2, 0.25) is 0 Å². The van der Waals surface area contributed by atoms with Gasteiger partial charge >= 0.3 is 5.00 Å². The Kier molecular flexibility index (Phi) is 6.71. The standard InChI is InChI=1S/C12H19N3O2S.ClH/c1-2-5-14(11-3-4-13-7-11)8-10-6-12(15(16)17)18-9-10;/h6,9,11,13H,2-5,7-8H2,1H3;1H. The maximum atomic E-state index is 10.7. The monoisotopic (exact) mass is 305 g/mol. The van der Waals surface area contributed by atoms with Crippen LogP contribution < -0.4 is 5.32 Å². The Labute approximate surface area is 123 Å². The molecular weight excluding hydrogens is 286 g/mol. The minimum atomic E-state index is -0.310. The Morgan fingerprint density at radius 1 is 1.63 bits per heavy atom. The van der Waals surface area contributed by atoms with Crippen molar-refractivity contribution in [2.24, 2.45) is 0 Å². The van der Waals surface area contributed by atoms with E-state index < -0.39 is 0 Å². The first-order chi connectivity index (χ1) is 8.70. The first kappa shape index (κ1) is 16.4. The van der Waals surface area contributed by atoms with Crippen LogP contribution in [0.1, 0.15) is 25.3 Å². The molecule has 5 nitrogen and oxygen atoms in total. The Bertz CT molecular complexity index is 407. The van der Waals surface area contributed by atoms with Gasteiger partial charge in [-0.25, -0.2) is 0 Å². The molecule has 1 aliphatic rings. The average molecular weight is 306 g/mol. The number of thiophene rings is 1. The minimum Gasteiger partial charge on any atom is -0.315 e. The molecule has 1 fully saturated rings. The third-order valence-corrected chi connectivity index (χ3v) is 4.20. The van der Waals surface area contributed by atoms with E-state index in [1.54, 1.807) is 6.07 Å². The van der Waals surface area contributed by atoms with Gasteiger partial charge < -0.3 is 5.32 Å². The molecule has 7 heteroatoms. The zero-order valence-electron chi connectivity index (χ0n) is 11.0. The second kappa shape index (κ2) is 7.79. The number of nitro groups is 1. The fourth-order valence-electron chi connectivity index (χ4n) is 2.40. The van der Waals surface area contributed by atoms with E-state index in [2.05, 4.69) is 17.1 Å². The molecular formula is C12H20ClN3O2S. The summed E-state index contributed by atoms with van der Waals surface area (Å²) in [5, 5.41) is 16.2. The molecule has 2 heterocycles. The molecule has 1 N–H and O–H groups in total. The van der Waals surface area contributed by atoms with Gasteiger partial charge in [0, 0.05) is 30.6 Å². The van der Waals surface area contributed by atoms with Crippen molar-refractivity contribution in [2.75, 3.05) is 19.6 Å². The van der Waals surface area contributed by atoms with Gasteiger partial charge in [-0.1, -0.05) is 18.3 Å². The van der Waals surface area contributed by atoms with Crippen molar-refractivity contribution < 1.29 is 4.92 Å². The smallest absolute Gasteiger partial charge is 0.315 e. The maximum Gasteiger partial charge on any atom is 0.324 e. The summed E-state index contributed by atoms with van der Waals surface area (Å²) in [6.45, 7) is 6.16. The van der Waals surface area contributed by atoms with Crippen LogP contribution in [0.4, 0.5) is 5.00 Å². The Morgan fingerprint density at radius 2 is 2.42 bits per heavy atom. The number of nitrogens with one attached hydrogen (secondary N) is 1. The molecule has 108 valence electrons. The molecule has 1 aromatic heterocycles. The average Bonchev–Trinajstić information content (AvgIpc) is 2.99. The van der Waals surface area contributed by atoms with Gasteiger partial charge in [0.1, 0.15) is 0 Å². The maximum absolute atomic E-state index is 10.7. The lowest BCUT2D eigenvalue weighted by atomic mass is 10.2. The molecule has 2 rings (SSSR count). The molecule has 19 heavy (non-hydrogen) atoms. The number of halogens is 1. The Hall–Kier alpha value is -0.690. The zero-order valence-corrected chi connectivity index (χ0v) is 12.6. The van der Waals surface area contributed by atoms with Gasteiger partial charge in [-0.05, 0) is 31.5 Å². The molecule has 0 amide bonds. The molecule has 0 saturated carbocycles. The van der Waals surface area contributed by atoms with E-state index in [1.165, 1.54) is 17.8 Å². The second-order valence-corrected chi connectivity index (χ2v) is 5.56. The highest BCUT2D eigenvalue weighted by Crippen LogP contribution is 2.24. The van der Waals surface area contributed by atoms with Crippen molar-refractivity contribution >= 4 is 28.7 Å². The molecule has 0 bridgehead atoms. The summed E-state index contributed by atoms with van der Waals surface area (Å²) in [4.78, 5) is 12.8. The summed E-state index contributed by atoms with van der Waals surface area (Å²) in [6, 6.07) is 2.28. The Balaban J connectivity index is 0.00000180. The minimum absolute atomic E-state index is 0. The van der Waals surface area contributed by atoms with Crippen molar-refractivity contribution in [3.05, 3.63) is 27.1 Å². The SMILES string of the molecule is CCCN(Cc1csc([N+](=O)[O-])c1)C1CCNC1.Cl. The number of hydrogen-bond donors (Lipinski definition) is 1. The van der Waals surface area contributed by atoms with Crippen LogP contribution in [-0.2, 0) is 6.54 Å². The molecule has 1 atom stereocenters. The number of nitrogens with zero attached hydrogens (tertiary/aromatic N) is 2. The van der Waals surface area contributed by atoms with E-state index in [4.69, 9.17) is 0 Å². The van der Waals surface area contributed by atoms with Crippen molar-refractivity contribution in [1.29, 1.82) is 0 Å². The van der Waals surface area contributed by atoms with E-state index in [0.29, 0.717) is 6.04 Å². The van der Waals surface area contributed by atoms with Crippen molar-refractivity contribution in [3.63, 3.8) is 0 Å². The van der Waals surface area contributed by atoms with E-state index in [9.17, 15) is 10.1 Å². The van der Waals surface area contributed by atoms with Crippen LogP contribution in [0.3, 0.4) is 0 Å². The van der Waals surface area contributed by atoms with Gasteiger partial charge in [-0.15, -0.1) is 12.4 Å². The molecule has 1 unspecified atom stereocenters. The third kappa shape index (κ3) is 4.42. The zero-order chi connectivity index (χ0) is 13.0. The van der Waals surface area contributed by atoms with E-state index in [-0.39, 0.29) is 22.3 Å². The lowest BCUT2D eigenvalue weighted by Crippen LogP contribution is -2.36. The van der Waals surface area contributed by atoms with Crippen molar-refractivity contribution in [2.45, 2.75) is 32.4 Å². The van der Waals surface area contributed by atoms with Gasteiger partial charge in [0.25, 0.3) is 0 Å². The second-order valence-electron chi connectivity index (χ2n) is 4.67. The predicted molar refractivity (Wildman–Crippen MR) is 80.2 cm³/mol. The molecule has 0 radical (unpaired) electrons. The first-order valence-electron chi connectivity index (χ1n) is 6.37. The van der Waals surface area contributed by atoms with Gasteiger partial charge in [-0.3, -0.25) is 15.0 Å². The van der Waals surface area contributed by atoms with E-state index >= 15 is 0 Å². The first-order valence-corrected chi connectivity index (χ1v) is 7.25. The summed E-state index contributed by atoms with van der Waals surface area (Å²) >= 11 is 1.22. The van der Waals surface area contributed by atoms with Crippen molar-refractivity contribution in [1.82, 2.24) is 10.2 Å². The van der Waals surface area contributed by atoms with E-state index in [0.717, 1.165) is 38.2 Å². The quantitative estimate of drug-likeness (QED) is 0.648. The highest BCUT2D eigenvalue weighted by atomic mass is 35.5. The summed E-state index contributed by atoms with van der Waals surface area (Å²) < 4.78 is 0. The van der Waals surface area contributed by atoms with Crippen LogP contribution >= 0.6 is 23.7 Å². The topological polar surface area (TPSA) is 58.4 Å². The van der Waals surface area contributed by atoms with Crippen LogP contribution in [0.25, 0.3) is 0 Å². The summed E-state index contributed by atoms with van der Waals surface area (Å²) in [5.74, 6) is 0. The van der Waals surface area contributed by atoms with Crippen LogP contribution in [0.5, 0.6) is 0 Å². The van der Waals surface area contributed by atoms with Gasteiger partial charge in [0.15, 0.2) is 0 Å². The van der Waals surface area contributed by atoms with E-state index in [1.807, 2.05) is 5.38 Å². The molecule has 1 aliphatic heterocycles. The summed E-state index contributed by atoms with van der Waals surface area (Å²) in [7, 11) is 0. The normalized spacial score (nSPS) is 18.5. The largest absolute Gasteiger partial charge is 0.324 e. The fourth-order valence-corrected chi connectivity index (χ4v) is 3.13. The summed E-state index contributed by atoms with van der Waals surface area (Å²) in [6.07, 6.45) is 2.29. The lowest BCUT2D eigenvalue weighted by Gasteiger charge is -2.27. The third-order valence-electron chi connectivity index (χ3n) is 3.27. The molecule has 1 saturated heterocycles. The van der Waals surface area contributed by atoms with Crippen LogP contribution in [0.15, 0.2) is 11.4 Å². The molecule has 0 spiro atoms. The van der Waals surface area contributed by atoms with Gasteiger partial charge in [-0.2, -0.15) is 0 Å². The van der Waals surface area contributed by atoms with Gasteiger partial charge in [0.2, 0.25) is 0 Å². The van der Waals surface area contributed by atoms with Crippen molar-refractivity contribution in [3.8, 4) is 0 Å². The van der Waals surface area contributed by atoms with Gasteiger partial charge in [0.05, 0.1) is 4.92 Å². The fraction of sp³-hybridized carbons (Fsp3) is 0.667. The highest BCUT2D eigenvalue weighted by Gasteiger charge is 2.22.